The van der Waals surface area contributed by atoms with E-state index < -0.39 is 14.9 Å². The van der Waals surface area contributed by atoms with Gasteiger partial charge in [-0.3, -0.25) is 14.4 Å². The molecule has 0 radical (unpaired) electrons. The standard InChI is InChI=1S/C16H18N2O4S/c1-4-17(14-7-5-6-12(2)10-14)23(21,22)16-11-15(18(19)20)9-8-13(16)3/h5-11H,4H2,1-3H3. The van der Waals surface area contributed by atoms with Crippen LogP contribution in [0.2, 0.25) is 0 Å². The molecule has 7 heteroatoms. The summed E-state index contributed by atoms with van der Waals surface area (Å²) in [6, 6.07) is 11.0. The maximum atomic E-state index is 13.0. The minimum atomic E-state index is -3.88. The largest absolute Gasteiger partial charge is 0.270 e. The lowest BCUT2D eigenvalue weighted by molar-refractivity contribution is -0.385. The highest BCUT2D eigenvalue weighted by molar-refractivity contribution is 7.92. The summed E-state index contributed by atoms with van der Waals surface area (Å²) < 4.78 is 27.2. The molecule has 0 aromatic heterocycles. The van der Waals surface area contributed by atoms with E-state index in [1.54, 1.807) is 32.0 Å². The predicted octanol–water partition coefficient (Wildman–Crippen LogP) is 3.43. The maximum absolute atomic E-state index is 13.0. The lowest BCUT2D eigenvalue weighted by atomic mass is 10.2. The fraction of sp³-hybridized carbons (Fsp3) is 0.250. The highest BCUT2D eigenvalue weighted by atomic mass is 32.2. The van der Waals surface area contributed by atoms with Crippen LogP contribution in [0.4, 0.5) is 11.4 Å². The second kappa shape index (κ2) is 6.37. The quantitative estimate of drug-likeness (QED) is 0.620. The van der Waals surface area contributed by atoms with Crippen molar-refractivity contribution in [2.75, 3.05) is 10.8 Å². The fourth-order valence-corrected chi connectivity index (χ4v) is 4.09. The number of aryl methyl sites for hydroxylation is 2. The van der Waals surface area contributed by atoms with Crippen molar-refractivity contribution in [3.8, 4) is 0 Å². The molecule has 0 aliphatic rings. The molecule has 0 amide bonds. The number of nitrogens with zero attached hydrogens (tertiary/aromatic N) is 2. The smallest absolute Gasteiger partial charge is 0.267 e. The number of benzene rings is 2. The monoisotopic (exact) mass is 334 g/mol. The Bertz CT molecular complexity index is 847. The zero-order chi connectivity index (χ0) is 17.2. The lowest BCUT2D eigenvalue weighted by Gasteiger charge is -2.24. The molecule has 0 N–H and O–H groups in total. The van der Waals surface area contributed by atoms with Crippen LogP contribution < -0.4 is 4.31 Å². The summed E-state index contributed by atoms with van der Waals surface area (Å²) in [5, 5.41) is 10.9. The average molecular weight is 334 g/mol. The normalized spacial score (nSPS) is 11.3. The van der Waals surface area contributed by atoms with Gasteiger partial charge in [0, 0.05) is 18.7 Å². The van der Waals surface area contributed by atoms with Gasteiger partial charge in [-0.05, 0) is 44.0 Å². The first kappa shape index (κ1) is 17.0. The Morgan fingerprint density at radius 3 is 2.39 bits per heavy atom. The highest BCUT2D eigenvalue weighted by Gasteiger charge is 2.27. The van der Waals surface area contributed by atoms with Crippen molar-refractivity contribution in [1.29, 1.82) is 0 Å². The Hall–Kier alpha value is -2.41. The molecule has 2 rings (SSSR count). The van der Waals surface area contributed by atoms with E-state index in [0.29, 0.717) is 11.3 Å². The first-order valence-electron chi connectivity index (χ1n) is 7.12. The van der Waals surface area contributed by atoms with Crippen molar-refractivity contribution in [1.82, 2.24) is 0 Å². The zero-order valence-electron chi connectivity index (χ0n) is 13.2. The molecule has 2 aromatic rings. The molecule has 0 fully saturated rings. The molecule has 0 atom stereocenters. The predicted molar refractivity (Wildman–Crippen MR) is 89.2 cm³/mol. The summed E-state index contributed by atoms with van der Waals surface area (Å²) in [5.41, 5.74) is 1.71. The molecule has 0 aliphatic carbocycles. The van der Waals surface area contributed by atoms with Crippen LogP contribution in [-0.4, -0.2) is 19.9 Å². The summed E-state index contributed by atoms with van der Waals surface area (Å²) in [7, 11) is -3.88. The van der Waals surface area contributed by atoms with Gasteiger partial charge in [0.25, 0.3) is 15.7 Å². The maximum Gasteiger partial charge on any atom is 0.270 e. The number of nitro benzene ring substituents is 1. The van der Waals surface area contributed by atoms with Crippen molar-refractivity contribution >= 4 is 21.4 Å². The molecule has 2 aromatic carbocycles. The fourth-order valence-electron chi connectivity index (χ4n) is 2.37. The van der Waals surface area contributed by atoms with Crippen molar-refractivity contribution in [3.05, 3.63) is 63.7 Å². The second-order valence-electron chi connectivity index (χ2n) is 5.22. The SMILES string of the molecule is CCN(c1cccc(C)c1)S(=O)(=O)c1cc([N+](=O)[O-])ccc1C. The van der Waals surface area contributed by atoms with E-state index in [2.05, 4.69) is 0 Å². The van der Waals surface area contributed by atoms with E-state index in [1.807, 2.05) is 13.0 Å². The van der Waals surface area contributed by atoms with Crippen LogP contribution in [0.15, 0.2) is 47.4 Å². The van der Waals surface area contributed by atoms with Gasteiger partial charge in [-0.15, -0.1) is 0 Å². The highest BCUT2D eigenvalue weighted by Crippen LogP contribution is 2.28. The molecule has 0 spiro atoms. The van der Waals surface area contributed by atoms with Gasteiger partial charge in [0.1, 0.15) is 0 Å². The van der Waals surface area contributed by atoms with Crippen LogP contribution in [0, 0.1) is 24.0 Å². The summed E-state index contributed by atoms with van der Waals surface area (Å²) in [4.78, 5) is 10.3. The molecular weight excluding hydrogens is 316 g/mol. The molecular formula is C16H18N2O4S. The topological polar surface area (TPSA) is 80.5 Å². The number of rotatable bonds is 5. The first-order chi connectivity index (χ1) is 10.8. The average Bonchev–Trinajstić information content (AvgIpc) is 2.47. The second-order valence-corrected chi connectivity index (χ2v) is 7.05. The summed E-state index contributed by atoms with van der Waals surface area (Å²) in [6.45, 7) is 5.46. The molecule has 0 aliphatic heterocycles. The van der Waals surface area contributed by atoms with E-state index >= 15 is 0 Å². The van der Waals surface area contributed by atoms with E-state index in [0.717, 1.165) is 11.6 Å². The molecule has 0 bridgehead atoms. The van der Waals surface area contributed by atoms with Crippen molar-refractivity contribution < 1.29 is 13.3 Å². The Kier molecular flexibility index (Phi) is 4.70. The van der Waals surface area contributed by atoms with Crippen molar-refractivity contribution in [3.63, 3.8) is 0 Å². The van der Waals surface area contributed by atoms with Crippen LogP contribution in [0.5, 0.6) is 0 Å². The van der Waals surface area contributed by atoms with Gasteiger partial charge in [0.15, 0.2) is 0 Å². The van der Waals surface area contributed by atoms with Crippen LogP contribution in [-0.2, 0) is 10.0 Å². The number of anilines is 1. The molecule has 122 valence electrons. The molecule has 23 heavy (non-hydrogen) atoms. The van der Waals surface area contributed by atoms with Crippen molar-refractivity contribution in [2.24, 2.45) is 0 Å². The van der Waals surface area contributed by atoms with Gasteiger partial charge in [-0.1, -0.05) is 18.2 Å². The zero-order valence-corrected chi connectivity index (χ0v) is 14.0. The Labute approximate surface area is 135 Å². The van der Waals surface area contributed by atoms with Gasteiger partial charge in [0.2, 0.25) is 0 Å². The lowest BCUT2D eigenvalue weighted by Crippen LogP contribution is -2.31. The van der Waals surface area contributed by atoms with Crippen LogP contribution in [0.25, 0.3) is 0 Å². The number of nitro groups is 1. The Balaban J connectivity index is 2.60. The van der Waals surface area contributed by atoms with Gasteiger partial charge >= 0.3 is 0 Å². The molecule has 0 saturated carbocycles. The van der Waals surface area contributed by atoms with Crippen LogP contribution >= 0.6 is 0 Å². The first-order valence-corrected chi connectivity index (χ1v) is 8.56. The third-order valence-corrected chi connectivity index (χ3v) is 5.57. The number of sulfonamides is 1. The summed E-state index contributed by atoms with van der Waals surface area (Å²) >= 11 is 0. The number of hydrogen-bond acceptors (Lipinski definition) is 4. The van der Waals surface area contributed by atoms with E-state index in [9.17, 15) is 18.5 Å². The minimum absolute atomic E-state index is 0.0462. The summed E-state index contributed by atoms with van der Waals surface area (Å²) in [5.74, 6) is 0. The van der Waals surface area contributed by atoms with Gasteiger partial charge in [-0.2, -0.15) is 0 Å². The molecule has 6 nitrogen and oxygen atoms in total. The third kappa shape index (κ3) is 3.34. The minimum Gasteiger partial charge on any atom is -0.267 e. The molecule has 0 saturated heterocycles. The van der Waals surface area contributed by atoms with Crippen LogP contribution in [0.3, 0.4) is 0 Å². The molecule has 0 heterocycles. The van der Waals surface area contributed by atoms with Gasteiger partial charge in [0.05, 0.1) is 15.5 Å². The van der Waals surface area contributed by atoms with E-state index in [4.69, 9.17) is 0 Å². The van der Waals surface area contributed by atoms with E-state index in [1.165, 1.54) is 16.4 Å². The number of non-ortho nitro benzene ring substituents is 1. The number of hydrogen-bond donors (Lipinski definition) is 0. The molecule has 0 unspecified atom stereocenters. The van der Waals surface area contributed by atoms with Gasteiger partial charge < -0.3 is 0 Å². The van der Waals surface area contributed by atoms with Crippen molar-refractivity contribution in [2.45, 2.75) is 25.7 Å². The van der Waals surface area contributed by atoms with Gasteiger partial charge in [-0.25, -0.2) is 8.42 Å². The Morgan fingerprint density at radius 2 is 1.83 bits per heavy atom. The van der Waals surface area contributed by atoms with Crippen LogP contribution in [0.1, 0.15) is 18.1 Å². The van der Waals surface area contributed by atoms with E-state index in [-0.39, 0.29) is 17.1 Å². The third-order valence-electron chi connectivity index (χ3n) is 3.53. The Morgan fingerprint density at radius 1 is 1.13 bits per heavy atom. The summed E-state index contributed by atoms with van der Waals surface area (Å²) in [6.07, 6.45) is 0.